The quantitative estimate of drug-likeness (QED) is 0.855. The summed E-state index contributed by atoms with van der Waals surface area (Å²) in [5.41, 5.74) is 1.42. The Kier molecular flexibility index (Phi) is 5.10. The molecule has 0 bridgehead atoms. The highest BCUT2D eigenvalue weighted by Gasteiger charge is 2.07. The highest BCUT2D eigenvalue weighted by molar-refractivity contribution is 6.33. The molecule has 0 aliphatic rings. The smallest absolute Gasteiger partial charge is 0.221 e. The fourth-order valence-electron chi connectivity index (χ4n) is 1.85. The van der Waals surface area contributed by atoms with E-state index in [1.165, 1.54) is 6.92 Å². The highest BCUT2D eigenvalue weighted by Crippen LogP contribution is 2.25. The first-order valence-corrected chi connectivity index (χ1v) is 7.04. The zero-order valence-corrected chi connectivity index (χ0v) is 12.7. The number of nitrogens with one attached hydrogen (secondary N) is 2. The summed E-state index contributed by atoms with van der Waals surface area (Å²) < 4.78 is 1.76. The molecule has 0 unspecified atom stereocenters. The Morgan fingerprint density at radius 1 is 1.43 bits per heavy atom. The number of aryl methyl sites for hydroxylation is 1. The molecule has 0 fully saturated rings. The number of carbonyl (C=O) groups excluding carboxylic acids is 1. The van der Waals surface area contributed by atoms with Gasteiger partial charge in [0.2, 0.25) is 5.91 Å². The molecule has 0 spiro atoms. The number of aromatic nitrogens is 4. The minimum absolute atomic E-state index is 0.134. The minimum Gasteiger partial charge on any atom is -0.376 e. The molecule has 2 aromatic rings. The van der Waals surface area contributed by atoms with Crippen molar-refractivity contribution in [3.63, 3.8) is 0 Å². The van der Waals surface area contributed by atoms with E-state index < -0.39 is 0 Å². The molecule has 112 valence electrons. The summed E-state index contributed by atoms with van der Waals surface area (Å²) in [6, 6.07) is 5.28. The molecule has 0 atom stereocenters. The Labute approximate surface area is 127 Å². The Balaban J connectivity index is 2.03. The molecule has 7 nitrogen and oxygen atoms in total. The molecule has 1 aromatic carbocycles. The second kappa shape index (κ2) is 7.03. The monoisotopic (exact) mass is 308 g/mol. The molecule has 0 radical (unpaired) electrons. The predicted molar refractivity (Wildman–Crippen MR) is 81.2 cm³/mol. The Bertz CT molecular complexity index is 627. The summed E-state index contributed by atoms with van der Waals surface area (Å²) >= 11 is 6.18. The summed E-state index contributed by atoms with van der Waals surface area (Å²) in [5, 5.41) is 18.0. The number of halogens is 1. The van der Waals surface area contributed by atoms with Crippen LogP contribution in [0.5, 0.6) is 0 Å². The molecule has 0 saturated carbocycles. The van der Waals surface area contributed by atoms with Gasteiger partial charge in [0.15, 0.2) is 5.82 Å². The second-order valence-corrected chi connectivity index (χ2v) is 4.95. The van der Waals surface area contributed by atoms with Crippen LogP contribution in [0.25, 0.3) is 0 Å². The van der Waals surface area contributed by atoms with Crippen molar-refractivity contribution in [3.05, 3.63) is 29.0 Å². The van der Waals surface area contributed by atoms with Crippen molar-refractivity contribution in [2.75, 3.05) is 10.6 Å². The van der Waals surface area contributed by atoms with Crippen LogP contribution in [0.4, 0.5) is 11.4 Å². The lowest BCUT2D eigenvalue weighted by Crippen LogP contribution is -2.10. The van der Waals surface area contributed by atoms with Gasteiger partial charge in [0.05, 0.1) is 17.3 Å². The van der Waals surface area contributed by atoms with Crippen molar-refractivity contribution in [1.29, 1.82) is 0 Å². The van der Waals surface area contributed by atoms with Crippen LogP contribution in [0, 0.1) is 0 Å². The molecule has 1 heterocycles. The van der Waals surface area contributed by atoms with Crippen molar-refractivity contribution >= 4 is 28.9 Å². The average molecular weight is 309 g/mol. The predicted octanol–water partition coefficient (Wildman–Crippen LogP) is 2.31. The number of hydrogen-bond donors (Lipinski definition) is 2. The van der Waals surface area contributed by atoms with Gasteiger partial charge in [-0.05, 0) is 35.0 Å². The largest absolute Gasteiger partial charge is 0.376 e. The van der Waals surface area contributed by atoms with Gasteiger partial charge in [-0.2, -0.15) is 0 Å². The van der Waals surface area contributed by atoms with Gasteiger partial charge < -0.3 is 10.6 Å². The van der Waals surface area contributed by atoms with E-state index >= 15 is 0 Å². The van der Waals surface area contributed by atoms with Crippen molar-refractivity contribution in [3.8, 4) is 0 Å². The van der Waals surface area contributed by atoms with Crippen LogP contribution in [-0.4, -0.2) is 26.1 Å². The molecule has 2 N–H and O–H groups in total. The summed E-state index contributed by atoms with van der Waals surface area (Å²) in [4.78, 5) is 11.0. The van der Waals surface area contributed by atoms with E-state index in [1.54, 1.807) is 16.8 Å². The maximum absolute atomic E-state index is 11.0. The van der Waals surface area contributed by atoms with Crippen molar-refractivity contribution in [2.24, 2.45) is 0 Å². The van der Waals surface area contributed by atoms with Gasteiger partial charge >= 0.3 is 0 Å². The first kappa shape index (κ1) is 15.2. The zero-order valence-electron chi connectivity index (χ0n) is 11.9. The third-order valence-electron chi connectivity index (χ3n) is 2.77. The van der Waals surface area contributed by atoms with Crippen LogP contribution >= 0.6 is 11.6 Å². The number of carbonyl (C=O) groups is 1. The number of nitrogens with zero attached hydrogens (tertiary/aromatic N) is 4. The average Bonchev–Trinajstić information content (AvgIpc) is 2.85. The lowest BCUT2D eigenvalue weighted by molar-refractivity contribution is -0.114. The van der Waals surface area contributed by atoms with Gasteiger partial charge in [-0.25, -0.2) is 4.68 Å². The third kappa shape index (κ3) is 4.16. The fourth-order valence-corrected chi connectivity index (χ4v) is 2.10. The molecule has 2 rings (SSSR count). The molecule has 0 aliphatic heterocycles. The number of rotatable bonds is 6. The van der Waals surface area contributed by atoms with Gasteiger partial charge in [0.1, 0.15) is 0 Å². The first-order chi connectivity index (χ1) is 10.1. The SMILES string of the molecule is CCCn1nnnc1CNc1ccc(NC(C)=O)cc1Cl. The van der Waals surface area contributed by atoms with Crippen LogP contribution < -0.4 is 10.6 Å². The van der Waals surface area contributed by atoms with Gasteiger partial charge in [-0.3, -0.25) is 4.79 Å². The van der Waals surface area contributed by atoms with E-state index in [0.717, 1.165) is 24.5 Å². The second-order valence-electron chi connectivity index (χ2n) is 4.55. The number of anilines is 2. The number of benzene rings is 1. The van der Waals surface area contributed by atoms with Gasteiger partial charge in [0, 0.05) is 19.2 Å². The molecule has 1 aromatic heterocycles. The van der Waals surface area contributed by atoms with E-state index in [1.807, 2.05) is 6.07 Å². The van der Waals surface area contributed by atoms with Crippen LogP contribution in [0.3, 0.4) is 0 Å². The number of hydrogen-bond acceptors (Lipinski definition) is 5. The lowest BCUT2D eigenvalue weighted by Gasteiger charge is -2.10. The van der Waals surface area contributed by atoms with Crippen LogP contribution in [0.2, 0.25) is 5.02 Å². The molecule has 1 amide bonds. The number of amides is 1. The molecular weight excluding hydrogens is 292 g/mol. The van der Waals surface area contributed by atoms with Crippen LogP contribution in [0.15, 0.2) is 18.2 Å². The molecule has 21 heavy (non-hydrogen) atoms. The maximum Gasteiger partial charge on any atom is 0.221 e. The first-order valence-electron chi connectivity index (χ1n) is 6.66. The Morgan fingerprint density at radius 3 is 2.90 bits per heavy atom. The van der Waals surface area contributed by atoms with Crippen LogP contribution in [0.1, 0.15) is 26.1 Å². The van der Waals surface area contributed by atoms with Gasteiger partial charge in [0.25, 0.3) is 0 Å². The molecule has 8 heteroatoms. The summed E-state index contributed by atoms with van der Waals surface area (Å²) in [7, 11) is 0. The van der Waals surface area contributed by atoms with E-state index in [9.17, 15) is 4.79 Å². The topological polar surface area (TPSA) is 84.7 Å². The minimum atomic E-state index is -0.134. The third-order valence-corrected chi connectivity index (χ3v) is 3.08. The number of tetrazole rings is 1. The fraction of sp³-hybridized carbons (Fsp3) is 0.385. The summed E-state index contributed by atoms with van der Waals surface area (Å²) in [5.74, 6) is 0.615. The Hall–Kier alpha value is -2.15. The standard InChI is InChI=1S/C13H17ClN6O/c1-3-6-20-13(17-18-19-20)8-15-12-5-4-10(7-11(12)14)16-9(2)21/h4-5,7,15H,3,6,8H2,1-2H3,(H,16,21). The lowest BCUT2D eigenvalue weighted by atomic mass is 10.2. The van der Waals surface area contributed by atoms with Crippen molar-refractivity contribution < 1.29 is 4.79 Å². The van der Waals surface area contributed by atoms with Crippen molar-refractivity contribution in [2.45, 2.75) is 33.4 Å². The van der Waals surface area contributed by atoms with Crippen LogP contribution in [-0.2, 0) is 17.9 Å². The maximum atomic E-state index is 11.0. The molecular formula is C13H17ClN6O. The normalized spacial score (nSPS) is 10.4. The highest BCUT2D eigenvalue weighted by atomic mass is 35.5. The zero-order chi connectivity index (χ0) is 15.2. The van der Waals surface area contributed by atoms with Crippen molar-refractivity contribution in [1.82, 2.24) is 20.2 Å². The molecule has 0 saturated heterocycles. The van der Waals surface area contributed by atoms with E-state index in [0.29, 0.717) is 17.3 Å². The van der Waals surface area contributed by atoms with E-state index in [2.05, 4.69) is 33.1 Å². The summed E-state index contributed by atoms with van der Waals surface area (Å²) in [6.07, 6.45) is 0.963. The van der Waals surface area contributed by atoms with Gasteiger partial charge in [-0.1, -0.05) is 18.5 Å². The van der Waals surface area contributed by atoms with E-state index in [4.69, 9.17) is 11.6 Å². The van der Waals surface area contributed by atoms with Gasteiger partial charge in [-0.15, -0.1) is 5.10 Å². The molecule has 0 aliphatic carbocycles. The Morgan fingerprint density at radius 2 is 2.24 bits per heavy atom. The van der Waals surface area contributed by atoms with E-state index in [-0.39, 0.29) is 5.91 Å². The summed E-state index contributed by atoms with van der Waals surface area (Å²) in [6.45, 7) is 4.77.